The summed E-state index contributed by atoms with van der Waals surface area (Å²) in [5.41, 5.74) is 7.25. The highest BCUT2D eigenvalue weighted by molar-refractivity contribution is 5.99. The van der Waals surface area contributed by atoms with Gasteiger partial charge in [0.05, 0.1) is 12.8 Å². The fourth-order valence-corrected chi connectivity index (χ4v) is 4.23. The summed E-state index contributed by atoms with van der Waals surface area (Å²) in [5, 5.41) is 0. The number of nitrogens with zero attached hydrogens (tertiary/aromatic N) is 2. The van der Waals surface area contributed by atoms with Gasteiger partial charge in [-0.3, -0.25) is 9.78 Å². The molecule has 3 heterocycles. The van der Waals surface area contributed by atoms with Gasteiger partial charge in [-0.1, -0.05) is 6.07 Å². The van der Waals surface area contributed by atoms with Gasteiger partial charge in [0.15, 0.2) is 11.6 Å². The topological polar surface area (TPSA) is 42.4 Å². The molecular weight excluding hydrogens is 355 g/mol. The summed E-state index contributed by atoms with van der Waals surface area (Å²) >= 11 is 0. The van der Waals surface area contributed by atoms with Crippen molar-refractivity contribution in [2.75, 3.05) is 18.6 Å². The Morgan fingerprint density at radius 2 is 1.68 bits per heavy atom. The number of aromatic nitrogens is 1. The number of pyridine rings is 1. The maximum absolute atomic E-state index is 14.1. The van der Waals surface area contributed by atoms with E-state index in [1.165, 1.54) is 24.3 Å². The van der Waals surface area contributed by atoms with E-state index in [-0.39, 0.29) is 11.7 Å². The van der Waals surface area contributed by atoms with Crippen LogP contribution in [0.5, 0.6) is 5.75 Å². The highest BCUT2D eigenvalue weighted by atomic mass is 19.1. The van der Waals surface area contributed by atoms with Crippen molar-refractivity contribution >= 4 is 11.6 Å². The molecule has 0 saturated heterocycles. The largest absolute Gasteiger partial charge is 0.494 e. The summed E-state index contributed by atoms with van der Waals surface area (Å²) in [6.07, 6.45) is 5.81. The third kappa shape index (κ3) is 2.66. The fourth-order valence-electron chi connectivity index (χ4n) is 4.23. The van der Waals surface area contributed by atoms with Gasteiger partial charge in [-0.05, 0) is 65.4 Å². The molecule has 5 rings (SSSR count). The summed E-state index contributed by atoms with van der Waals surface area (Å²) in [6, 6.07) is 11.3. The Morgan fingerprint density at radius 3 is 2.43 bits per heavy atom. The summed E-state index contributed by atoms with van der Waals surface area (Å²) in [5.74, 6) is 0.0611. The van der Waals surface area contributed by atoms with Gasteiger partial charge in [-0.15, -0.1) is 0 Å². The van der Waals surface area contributed by atoms with E-state index in [1.807, 2.05) is 23.2 Å². The molecule has 28 heavy (non-hydrogen) atoms. The van der Waals surface area contributed by atoms with Crippen molar-refractivity contribution in [2.24, 2.45) is 0 Å². The molecule has 140 valence electrons. The molecule has 1 aromatic heterocycles. The van der Waals surface area contributed by atoms with Crippen LogP contribution in [0.15, 0.2) is 48.8 Å². The van der Waals surface area contributed by atoms with E-state index in [2.05, 4.69) is 17.1 Å². The first-order valence-electron chi connectivity index (χ1n) is 9.39. The zero-order valence-corrected chi connectivity index (χ0v) is 15.5. The Kier molecular flexibility index (Phi) is 3.90. The normalized spacial score (nSPS) is 14.9. The highest BCUT2D eigenvalue weighted by Crippen LogP contribution is 2.40. The van der Waals surface area contributed by atoms with Crippen molar-refractivity contribution in [3.63, 3.8) is 0 Å². The van der Waals surface area contributed by atoms with Gasteiger partial charge in [-0.2, -0.15) is 0 Å². The standard InChI is InChI=1S/C23H19FN2O2/c1-28-21-4-2-14(11-20(21)24)18-10-19(13-25-12-18)17-8-15-3-5-22(27)26-7-6-16(9-17)23(15)26/h2,4,8-13H,3,5-7H2,1H3. The maximum atomic E-state index is 14.1. The first-order valence-corrected chi connectivity index (χ1v) is 9.39. The molecule has 1 amide bonds. The Labute approximate surface area is 162 Å². The molecule has 0 N–H and O–H groups in total. The number of hydrogen-bond acceptors (Lipinski definition) is 3. The van der Waals surface area contributed by atoms with Gasteiger partial charge < -0.3 is 9.64 Å². The van der Waals surface area contributed by atoms with Crippen molar-refractivity contribution in [3.05, 3.63) is 65.7 Å². The summed E-state index contributed by atoms with van der Waals surface area (Å²) < 4.78 is 19.1. The number of amides is 1. The highest BCUT2D eigenvalue weighted by Gasteiger charge is 2.31. The predicted octanol–water partition coefficient (Wildman–Crippen LogP) is 4.40. The number of aryl methyl sites for hydroxylation is 1. The van der Waals surface area contributed by atoms with Crippen LogP contribution in [0.1, 0.15) is 17.5 Å². The van der Waals surface area contributed by atoms with Gasteiger partial charge in [0.2, 0.25) is 5.91 Å². The molecular formula is C23H19FN2O2. The lowest BCUT2D eigenvalue weighted by molar-refractivity contribution is -0.118. The lowest BCUT2D eigenvalue weighted by Gasteiger charge is -2.25. The van der Waals surface area contributed by atoms with Crippen LogP contribution in [0, 0.1) is 5.82 Å². The number of ether oxygens (including phenoxy) is 1. The van der Waals surface area contributed by atoms with E-state index in [0.717, 1.165) is 47.3 Å². The number of carbonyl (C=O) groups is 1. The predicted molar refractivity (Wildman–Crippen MR) is 106 cm³/mol. The second-order valence-corrected chi connectivity index (χ2v) is 7.25. The van der Waals surface area contributed by atoms with Crippen molar-refractivity contribution in [3.8, 4) is 28.0 Å². The molecule has 0 bridgehead atoms. The van der Waals surface area contributed by atoms with Crippen LogP contribution in [0.4, 0.5) is 10.1 Å². The Hall–Kier alpha value is -3.21. The minimum absolute atomic E-state index is 0.226. The lowest BCUT2D eigenvalue weighted by Crippen LogP contribution is -2.32. The van der Waals surface area contributed by atoms with E-state index in [0.29, 0.717) is 6.42 Å². The number of halogens is 1. The van der Waals surface area contributed by atoms with Gasteiger partial charge in [0, 0.05) is 36.5 Å². The average Bonchev–Trinajstić information content (AvgIpc) is 3.16. The minimum atomic E-state index is -0.392. The molecule has 0 radical (unpaired) electrons. The Morgan fingerprint density at radius 1 is 0.929 bits per heavy atom. The number of anilines is 1. The molecule has 2 aliphatic heterocycles. The molecule has 2 aliphatic rings. The van der Waals surface area contributed by atoms with Crippen LogP contribution in [0.25, 0.3) is 22.3 Å². The molecule has 2 aromatic carbocycles. The summed E-state index contributed by atoms with van der Waals surface area (Å²) in [6.45, 7) is 0.772. The molecule has 0 saturated carbocycles. The monoisotopic (exact) mass is 374 g/mol. The van der Waals surface area contributed by atoms with E-state index < -0.39 is 5.82 Å². The summed E-state index contributed by atoms with van der Waals surface area (Å²) in [4.78, 5) is 18.4. The number of carbonyl (C=O) groups excluding carboxylic acids is 1. The molecule has 0 aliphatic carbocycles. The molecule has 0 atom stereocenters. The quantitative estimate of drug-likeness (QED) is 0.682. The molecule has 4 nitrogen and oxygen atoms in total. The van der Waals surface area contributed by atoms with Crippen molar-refractivity contribution < 1.29 is 13.9 Å². The second kappa shape index (κ2) is 6.44. The van der Waals surface area contributed by atoms with E-state index >= 15 is 0 Å². The van der Waals surface area contributed by atoms with Crippen LogP contribution >= 0.6 is 0 Å². The smallest absolute Gasteiger partial charge is 0.227 e. The lowest BCUT2D eigenvalue weighted by atomic mass is 9.93. The van der Waals surface area contributed by atoms with E-state index in [1.54, 1.807) is 12.3 Å². The molecule has 5 heteroatoms. The fraction of sp³-hybridized carbons (Fsp3) is 0.217. The first kappa shape index (κ1) is 16.9. The van der Waals surface area contributed by atoms with Gasteiger partial charge >= 0.3 is 0 Å². The van der Waals surface area contributed by atoms with Crippen molar-refractivity contribution in [1.29, 1.82) is 0 Å². The zero-order chi connectivity index (χ0) is 19.3. The van der Waals surface area contributed by atoms with Crippen molar-refractivity contribution in [1.82, 2.24) is 4.98 Å². The van der Waals surface area contributed by atoms with Gasteiger partial charge in [0.1, 0.15) is 0 Å². The van der Waals surface area contributed by atoms with Gasteiger partial charge in [-0.25, -0.2) is 4.39 Å². The number of benzene rings is 2. The third-order valence-electron chi connectivity index (χ3n) is 5.61. The molecule has 0 fully saturated rings. The third-order valence-corrected chi connectivity index (χ3v) is 5.61. The maximum Gasteiger partial charge on any atom is 0.227 e. The van der Waals surface area contributed by atoms with Crippen LogP contribution in [0.2, 0.25) is 0 Å². The Balaban J connectivity index is 1.56. The second-order valence-electron chi connectivity index (χ2n) is 7.25. The molecule has 0 unspecified atom stereocenters. The SMILES string of the molecule is COc1ccc(-c2cncc(-c3cc4c5c(c3)CCN5C(=O)CC4)c2)cc1F. The van der Waals surface area contributed by atoms with Crippen LogP contribution < -0.4 is 9.64 Å². The molecule has 0 spiro atoms. The minimum Gasteiger partial charge on any atom is -0.494 e. The van der Waals surface area contributed by atoms with Crippen LogP contribution in [-0.2, 0) is 17.6 Å². The van der Waals surface area contributed by atoms with E-state index in [4.69, 9.17) is 4.74 Å². The summed E-state index contributed by atoms with van der Waals surface area (Å²) in [7, 11) is 1.45. The van der Waals surface area contributed by atoms with Crippen molar-refractivity contribution in [2.45, 2.75) is 19.3 Å². The van der Waals surface area contributed by atoms with E-state index in [9.17, 15) is 9.18 Å². The zero-order valence-electron chi connectivity index (χ0n) is 15.5. The number of methoxy groups -OCH3 is 1. The first-order chi connectivity index (χ1) is 13.6. The number of rotatable bonds is 3. The van der Waals surface area contributed by atoms with Gasteiger partial charge in [0.25, 0.3) is 0 Å². The van der Waals surface area contributed by atoms with Crippen LogP contribution in [-0.4, -0.2) is 24.5 Å². The Bertz CT molecular complexity index is 1110. The number of hydrogen-bond donors (Lipinski definition) is 0. The molecule has 3 aromatic rings. The average molecular weight is 374 g/mol. The van der Waals surface area contributed by atoms with Crippen LogP contribution in [0.3, 0.4) is 0 Å².